The summed E-state index contributed by atoms with van der Waals surface area (Å²) in [5.74, 6) is -0.156. The van der Waals surface area contributed by atoms with Gasteiger partial charge in [0.15, 0.2) is 0 Å². The fourth-order valence-electron chi connectivity index (χ4n) is 1.85. The second-order valence-electron chi connectivity index (χ2n) is 4.63. The van der Waals surface area contributed by atoms with Crippen molar-refractivity contribution >= 4 is 23.3 Å². The van der Waals surface area contributed by atoms with Crippen molar-refractivity contribution in [2.24, 2.45) is 0 Å². The molecule has 122 valence electrons. The Balaban J connectivity index is 1.96. The number of benzene rings is 1. The number of anilines is 1. The number of ether oxygens (including phenoxy) is 1. The molecule has 1 heterocycles. The first-order valence-corrected chi connectivity index (χ1v) is 7.05. The summed E-state index contributed by atoms with van der Waals surface area (Å²) in [6.07, 6.45) is 3.29. The van der Waals surface area contributed by atoms with E-state index in [1.807, 2.05) is 13.0 Å². The molecule has 0 aliphatic heterocycles. The highest BCUT2D eigenvalue weighted by Gasteiger charge is 2.12. The molecule has 5 nitrogen and oxygen atoms in total. The smallest absolute Gasteiger partial charge is 0.387 e. The molecule has 0 bridgehead atoms. The van der Waals surface area contributed by atoms with Gasteiger partial charge in [-0.15, -0.1) is 0 Å². The quantitative estimate of drug-likeness (QED) is 0.856. The second-order valence-corrected chi connectivity index (χ2v) is 5.04. The summed E-state index contributed by atoms with van der Waals surface area (Å²) >= 11 is 5.82. The van der Waals surface area contributed by atoms with E-state index in [1.165, 1.54) is 18.2 Å². The zero-order chi connectivity index (χ0) is 16.8. The molecule has 0 saturated carbocycles. The van der Waals surface area contributed by atoms with Crippen LogP contribution in [0.3, 0.4) is 0 Å². The Bertz CT molecular complexity index is 671. The van der Waals surface area contributed by atoms with E-state index in [-0.39, 0.29) is 16.8 Å². The van der Waals surface area contributed by atoms with Crippen molar-refractivity contribution < 1.29 is 18.3 Å². The SMILES string of the molecule is CC(NC(=O)Nc1ccc(OC(F)F)c(Cl)c1)c1cccnc1. The van der Waals surface area contributed by atoms with Gasteiger partial charge in [-0.2, -0.15) is 8.78 Å². The summed E-state index contributed by atoms with van der Waals surface area (Å²) in [5.41, 5.74) is 1.20. The molecule has 0 fully saturated rings. The number of urea groups is 1. The third-order valence-corrected chi connectivity index (χ3v) is 3.23. The van der Waals surface area contributed by atoms with Gasteiger partial charge in [0.1, 0.15) is 5.75 Å². The monoisotopic (exact) mass is 341 g/mol. The van der Waals surface area contributed by atoms with Crippen molar-refractivity contribution in [1.29, 1.82) is 0 Å². The van der Waals surface area contributed by atoms with E-state index in [0.717, 1.165) is 5.56 Å². The number of amides is 2. The largest absolute Gasteiger partial charge is 0.433 e. The molecular formula is C15H14ClF2N3O2. The van der Waals surface area contributed by atoms with Crippen LogP contribution in [-0.2, 0) is 0 Å². The Morgan fingerprint density at radius 1 is 1.35 bits per heavy atom. The van der Waals surface area contributed by atoms with Gasteiger partial charge in [0.05, 0.1) is 11.1 Å². The van der Waals surface area contributed by atoms with Crippen molar-refractivity contribution in [3.05, 3.63) is 53.3 Å². The first-order chi connectivity index (χ1) is 11.0. The molecule has 2 amide bonds. The first-order valence-electron chi connectivity index (χ1n) is 6.67. The number of aromatic nitrogens is 1. The van der Waals surface area contributed by atoms with Crippen molar-refractivity contribution in [2.45, 2.75) is 19.6 Å². The van der Waals surface area contributed by atoms with Crippen LogP contribution in [0.2, 0.25) is 5.02 Å². The lowest BCUT2D eigenvalue weighted by atomic mass is 10.1. The molecule has 1 unspecified atom stereocenters. The van der Waals surface area contributed by atoms with E-state index in [9.17, 15) is 13.6 Å². The first kappa shape index (κ1) is 17.0. The third-order valence-electron chi connectivity index (χ3n) is 2.94. The van der Waals surface area contributed by atoms with Gasteiger partial charge in [0.2, 0.25) is 0 Å². The van der Waals surface area contributed by atoms with Gasteiger partial charge in [-0.25, -0.2) is 4.79 Å². The summed E-state index contributed by atoms with van der Waals surface area (Å²) in [7, 11) is 0. The minimum Gasteiger partial charge on any atom is -0.433 e. The maximum atomic E-state index is 12.2. The molecule has 23 heavy (non-hydrogen) atoms. The van der Waals surface area contributed by atoms with Crippen LogP contribution in [0.15, 0.2) is 42.7 Å². The molecule has 2 N–H and O–H groups in total. The molecule has 2 rings (SSSR count). The number of nitrogens with zero attached hydrogens (tertiary/aromatic N) is 1. The van der Waals surface area contributed by atoms with Crippen LogP contribution >= 0.6 is 11.6 Å². The van der Waals surface area contributed by atoms with Gasteiger partial charge >= 0.3 is 12.6 Å². The summed E-state index contributed by atoms with van der Waals surface area (Å²) in [6, 6.07) is 6.90. The van der Waals surface area contributed by atoms with Crippen LogP contribution in [-0.4, -0.2) is 17.6 Å². The zero-order valence-electron chi connectivity index (χ0n) is 12.1. The predicted molar refractivity (Wildman–Crippen MR) is 82.9 cm³/mol. The summed E-state index contributed by atoms with van der Waals surface area (Å²) < 4.78 is 28.5. The van der Waals surface area contributed by atoms with E-state index in [0.29, 0.717) is 5.69 Å². The van der Waals surface area contributed by atoms with Crippen LogP contribution in [0.25, 0.3) is 0 Å². The van der Waals surface area contributed by atoms with Crippen molar-refractivity contribution in [3.63, 3.8) is 0 Å². The molecule has 0 aliphatic rings. The lowest BCUT2D eigenvalue weighted by Crippen LogP contribution is -2.31. The van der Waals surface area contributed by atoms with Crippen LogP contribution < -0.4 is 15.4 Å². The van der Waals surface area contributed by atoms with Crippen molar-refractivity contribution in [2.75, 3.05) is 5.32 Å². The van der Waals surface area contributed by atoms with Gasteiger partial charge in [-0.3, -0.25) is 4.98 Å². The van der Waals surface area contributed by atoms with Crippen molar-refractivity contribution in [1.82, 2.24) is 10.3 Å². The molecule has 0 spiro atoms. The Morgan fingerprint density at radius 2 is 2.13 bits per heavy atom. The van der Waals surface area contributed by atoms with E-state index in [1.54, 1.807) is 18.5 Å². The highest BCUT2D eigenvalue weighted by atomic mass is 35.5. The van der Waals surface area contributed by atoms with Crippen LogP contribution in [0.1, 0.15) is 18.5 Å². The minimum atomic E-state index is -2.96. The number of rotatable bonds is 5. The summed E-state index contributed by atoms with van der Waals surface area (Å²) in [6.45, 7) is -1.15. The van der Waals surface area contributed by atoms with E-state index < -0.39 is 12.6 Å². The predicted octanol–water partition coefficient (Wildman–Crippen LogP) is 4.22. The molecule has 2 aromatic rings. The fourth-order valence-corrected chi connectivity index (χ4v) is 2.07. The maximum absolute atomic E-state index is 12.2. The molecule has 0 aliphatic carbocycles. The minimum absolute atomic E-state index is 0.0246. The van der Waals surface area contributed by atoms with Crippen LogP contribution in [0, 0.1) is 0 Å². The topological polar surface area (TPSA) is 63.2 Å². The summed E-state index contributed by atoms with van der Waals surface area (Å²) in [4.78, 5) is 15.9. The van der Waals surface area contributed by atoms with Crippen LogP contribution in [0.4, 0.5) is 19.3 Å². The normalized spacial score (nSPS) is 11.9. The Kier molecular flexibility index (Phi) is 5.70. The fraction of sp³-hybridized carbons (Fsp3) is 0.200. The van der Waals surface area contributed by atoms with Crippen molar-refractivity contribution in [3.8, 4) is 5.75 Å². The molecular weight excluding hydrogens is 328 g/mol. The molecule has 0 saturated heterocycles. The number of alkyl halides is 2. The highest BCUT2D eigenvalue weighted by Crippen LogP contribution is 2.28. The maximum Gasteiger partial charge on any atom is 0.387 e. The Morgan fingerprint density at radius 3 is 2.74 bits per heavy atom. The van der Waals surface area contributed by atoms with Crippen LogP contribution in [0.5, 0.6) is 5.75 Å². The van der Waals surface area contributed by atoms with Gasteiger partial charge in [-0.05, 0) is 36.8 Å². The molecule has 1 aromatic carbocycles. The standard InChI is InChI=1S/C15H14ClF2N3O2/c1-9(10-3-2-6-19-8-10)20-15(22)21-11-4-5-13(12(16)7-11)23-14(17)18/h2-9,14H,1H3,(H2,20,21,22). The molecule has 8 heteroatoms. The Hall–Kier alpha value is -2.41. The lowest BCUT2D eigenvalue weighted by molar-refractivity contribution is -0.0497. The molecule has 0 radical (unpaired) electrons. The number of nitrogens with one attached hydrogen (secondary N) is 2. The lowest BCUT2D eigenvalue weighted by Gasteiger charge is -2.15. The number of halogens is 3. The molecule has 1 aromatic heterocycles. The second kappa shape index (κ2) is 7.73. The molecule has 1 atom stereocenters. The van der Waals surface area contributed by atoms with E-state index in [2.05, 4.69) is 20.4 Å². The highest BCUT2D eigenvalue weighted by molar-refractivity contribution is 6.32. The number of hydrogen-bond donors (Lipinski definition) is 2. The average Bonchev–Trinajstić information content (AvgIpc) is 2.50. The number of hydrogen-bond acceptors (Lipinski definition) is 3. The van der Waals surface area contributed by atoms with E-state index >= 15 is 0 Å². The van der Waals surface area contributed by atoms with Gasteiger partial charge in [0, 0.05) is 18.1 Å². The Labute approximate surface area is 136 Å². The number of pyridine rings is 1. The van der Waals surface area contributed by atoms with Gasteiger partial charge in [0.25, 0.3) is 0 Å². The average molecular weight is 342 g/mol. The van der Waals surface area contributed by atoms with Gasteiger partial charge < -0.3 is 15.4 Å². The number of carbonyl (C=O) groups excluding carboxylic acids is 1. The summed E-state index contributed by atoms with van der Waals surface area (Å²) in [5, 5.41) is 5.27. The van der Waals surface area contributed by atoms with Gasteiger partial charge in [-0.1, -0.05) is 17.7 Å². The zero-order valence-corrected chi connectivity index (χ0v) is 12.8. The number of carbonyl (C=O) groups is 1. The third kappa shape index (κ3) is 5.07. The van der Waals surface area contributed by atoms with E-state index in [4.69, 9.17) is 11.6 Å².